The summed E-state index contributed by atoms with van der Waals surface area (Å²) in [5.41, 5.74) is -0.610. The first kappa shape index (κ1) is 18.0. The summed E-state index contributed by atoms with van der Waals surface area (Å²) in [5, 5.41) is 12.4. The van der Waals surface area contributed by atoms with Crippen LogP contribution >= 0.6 is 11.8 Å². The lowest BCUT2D eigenvalue weighted by Crippen LogP contribution is -2.50. The first-order valence-electron chi connectivity index (χ1n) is 7.27. The molecular weight excluding hydrogens is 288 g/mol. The molecule has 1 atom stereocenters. The maximum Gasteiger partial charge on any atom is 0.325 e. The molecule has 0 fully saturated rings. The molecule has 1 heterocycles. The predicted molar refractivity (Wildman–Crippen MR) is 84.4 cm³/mol. The fraction of sp³-hybridized carbons (Fsp3) is 0.786. The smallest absolute Gasteiger partial charge is 0.325 e. The largest absolute Gasteiger partial charge is 0.468 e. The Hall–Kier alpha value is -1.08. The van der Waals surface area contributed by atoms with Crippen LogP contribution in [0.15, 0.2) is 5.16 Å². The molecule has 0 spiro atoms. The summed E-state index contributed by atoms with van der Waals surface area (Å²) >= 11 is 1.66. The SMILES string of the molecule is CCCNC(C)(CCCSc1nnc(C)n1C)C(=O)OC. The van der Waals surface area contributed by atoms with Gasteiger partial charge >= 0.3 is 5.97 Å². The Morgan fingerprint density at radius 2 is 2.19 bits per heavy atom. The lowest BCUT2D eigenvalue weighted by atomic mass is 9.96. The van der Waals surface area contributed by atoms with Crippen LogP contribution in [0.3, 0.4) is 0 Å². The first-order valence-corrected chi connectivity index (χ1v) is 8.25. The fourth-order valence-electron chi connectivity index (χ4n) is 1.99. The average molecular weight is 314 g/mol. The van der Waals surface area contributed by atoms with Gasteiger partial charge in [0.15, 0.2) is 5.16 Å². The Morgan fingerprint density at radius 3 is 2.71 bits per heavy atom. The van der Waals surface area contributed by atoms with Gasteiger partial charge < -0.3 is 14.6 Å². The highest BCUT2D eigenvalue weighted by Gasteiger charge is 2.32. The van der Waals surface area contributed by atoms with E-state index in [4.69, 9.17) is 4.74 Å². The van der Waals surface area contributed by atoms with Gasteiger partial charge in [0.2, 0.25) is 0 Å². The standard InChI is InChI=1S/C14H26N4O2S/c1-6-9-15-14(3,12(19)20-5)8-7-10-21-13-17-16-11(2)18(13)4/h15H,6-10H2,1-5H3. The average Bonchev–Trinajstić information content (AvgIpc) is 2.80. The van der Waals surface area contributed by atoms with E-state index >= 15 is 0 Å². The molecule has 0 aliphatic carbocycles. The van der Waals surface area contributed by atoms with Crippen LogP contribution in [0.5, 0.6) is 0 Å². The summed E-state index contributed by atoms with van der Waals surface area (Å²) in [6.07, 6.45) is 2.63. The van der Waals surface area contributed by atoms with Crippen molar-refractivity contribution in [3.8, 4) is 0 Å². The molecule has 0 aromatic carbocycles. The summed E-state index contributed by atoms with van der Waals surface area (Å²) in [6, 6.07) is 0. The number of methoxy groups -OCH3 is 1. The molecule has 0 bridgehead atoms. The summed E-state index contributed by atoms with van der Waals surface area (Å²) < 4.78 is 6.89. The summed E-state index contributed by atoms with van der Waals surface area (Å²) in [7, 11) is 3.39. The van der Waals surface area contributed by atoms with Crippen LogP contribution in [0.2, 0.25) is 0 Å². The van der Waals surface area contributed by atoms with Crippen molar-refractivity contribution in [1.82, 2.24) is 20.1 Å². The topological polar surface area (TPSA) is 69.0 Å². The van der Waals surface area contributed by atoms with E-state index in [1.807, 2.05) is 25.5 Å². The van der Waals surface area contributed by atoms with Gasteiger partial charge in [0, 0.05) is 12.8 Å². The molecule has 7 heteroatoms. The quantitative estimate of drug-likeness (QED) is 0.427. The number of thioether (sulfide) groups is 1. The highest BCUT2D eigenvalue weighted by molar-refractivity contribution is 7.99. The van der Waals surface area contributed by atoms with Gasteiger partial charge in [-0.2, -0.15) is 0 Å². The van der Waals surface area contributed by atoms with Crippen molar-refractivity contribution in [3.63, 3.8) is 0 Å². The minimum absolute atomic E-state index is 0.199. The van der Waals surface area contributed by atoms with Crippen LogP contribution in [0.1, 0.15) is 38.9 Å². The van der Waals surface area contributed by atoms with E-state index in [1.165, 1.54) is 7.11 Å². The van der Waals surface area contributed by atoms with Crippen molar-refractivity contribution < 1.29 is 9.53 Å². The molecule has 0 aliphatic heterocycles. The maximum atomic E-state index is 11.9. The van der Waals surface area contributed by atoms with Crippen molar-refractivity contribution in [2.45, 2.75) is 50.7 Å². The second-order valence-corrected chi connectivity index (χ2v) is 6.35. The molecule has 1 aromatic rings. The summed E-state index contributed by atoms with van der Waals surface area (Å²) in [6.45, 7) is 6.73. The van der Waals surface area contributed by atoms with Crippen LogP contribution < -0.4 is 5.32 Å². The van der Waals surface area contributed by atoms with Gasteiger partial charge in [0.1, 0.15) is 11.4 Å². The molecule has 1 rings (SSSR count). The molecule has 0 radical (unpaired) electrons. The third-order valence-electron chi connectivity index (χ3n) is 3.51. The van der Waals surface area contributed by atoms with Gasteiger partial charge in [-0.25, -0.2) is 0 Å². The van der Waals surface area contributed by atoms with Crippen LogP contribution in [-0.2, 0) is 16.6 Å². The van der Waals surface area contributed by atoms with Crippen molar-refractivity contribution in [2.75, 3.05) is 19.4 Å². The van der Waals surface area contributed by atoms with Crippen LogP contribution in [0.25, 0.3) is 0 Å². The molecule has 0 saturated heterocycles. The highest BCUT2D eigenvalue weighted by Crippen LogP contribution is 2.21. The number of nitrogens with zero attached hydrogens (tertiary/aromatic N) is 3. The zero-order valence-corrected chi connectivity index (χ0v) is 14.4. The maximum absolute atomic E-state index is 11.9. The zero-order chi connectivity index (χ0) is 15.9. The number of rotatable bonds is 9. The Bertz CT molecular complexity index is 464. The Morgan fingerprint density at radius 1 is 1.48 bits per heavy atom. The van der Waals surface area contributed by atoms with Gasteiger partial charge in [0.05, 0.1) is 7.11 Å². The van der Waals surface area contributed by atoms with Crippen molar-refractivity contribution in [3.05, 3.63) is 5.82 Å². The molecule has 0 amide bonds. The summed E-state index contributed by atoms with van der Waals surface area (Å²) in [4.78, 5) is 11.9. The molecule has 1 N–H and O–H groups in total. The van der Waals surface area contributed by atoms with Crippen molar-refractivity contribution in [1.29, 1.82) is 0 Å². The lowest BCUT2D eigenvalue weighted by Gasteiger charge is -2.27. The van der Waals surface area contributed by atoms with E-state index in [0.717, 1.165) is 42.5 Å². The number of hydrogen-bond acceptors (Lipinski definition) is 6. The third kappa shape index (κ3) is 5.00. The third-order valence-corrected chi connectivity index (χ3v) is 4.61. The second-order valence-electron chi connectivity index (χ2n) is 5.29. The Balaban J connectivity index is 2.46. The second kappa shape index (κ2) is 8.38. The Kier molecular flexibility index (Phi) is 7.17. The molecule has 1 aromatic heterocycles. The minimum Gasteiger partial charge on any atom is -0.468 e. The Labute approximate surface area is 131 Å². The molecule has 1 unspecified atom stereocenters. The van der Waals surface area contributed by atoms with Gasteiger partial charge in [-0.1, -0.05) is 18.7 Å². The molecule has 120 valence electrons. The molecule has 6 nitrogen and oxygen atoms in total. The number of ether oxygens (including phenoxy) is 1. The van der Waals surface area contributed by atoms with E-state index < -0.39 is 5.54 Å². The normalized spacial score (nSPS) is 14.0. The number of esters is 1. The number of nitrogens with one attached hydrogen (secondary N) is 1. The number of hydrogen-bond donors (Lipinski definition) is 1. The molecule has 0 aliphatic rings. The summed E-state index contributed by atoms with van der Waals surface area (Å²) in [5.74, 6) is 1.60. The van der Waals surface area contributed by atoms with Crippen LogP contribution in [0.4, 0.5) is 0 Å². The van der Waals surface area contributed by atoms with E-state index in [9.17, 15) is 4.79 Å². The predicted octanol–water partition coefficient (Wildman–Crippen LogP) is 1.93. The van der Waals surface area contributed by atoms with Crippen LogP contribution in [0, 0.1) is 6.92 Å². The highest BCUT2D eigenvalue weighted by atomic mass is 32.2. The van der Waals surface area contributed by atoms with Gasteiger partial charge in [-0.05, 0) is 39.7 Å². The van der Waals surface area contributed by atoms with Crippen molar-refractivity contribution >= 4 is 17.7 Å². The molecule has 21 heavy (non-hydrogen) atoms. The van der Waals surface area contributed by atoms with Gasteiger partial charge in [0.25, 0.3) is 0 Å². The van der Waals surface area contributed by atoms with E-state index in [0.29, 0.717) is 0 Å². The minimum atomic E-state index is -0.610. The molecular formula is C14H26N4O2S. The van der Waals surface area contributed by atoms with E-state index in [1.54, 1.807) is 11.8 Å². The zero-order valence-electron chi connectivity index (χ0n) is 13.6. The number of carbonyl (C=O) groups excluding carboxylic acids is 1. The monoisotopic (exact) mass is 314 g/mol. The first-order chi connectivity index (χ1) is 9.94. The molecule has 0 saturated carbocycles. The van der Waals surface area contributed by atoms with Crippen LogP contribution in [-0.4, -0.2) is 45.7 Å². The van der Waals surface area contributed by atoms with E-state index in [2.05, 4.69) is 22.4 Å². The number of aryl methyl sites for hydroxylation is 1. The fourth-order valence-corrected chi connectivity index (χ4v) is 2.89. The lowest BCUT2D eigenvalue weighted by molar-refractivity contribution is -0.148. The van der Waals surface area contributed by atoms with Gasteiger partial charge in [-0.15, -0.1) is 10.2 Å². The number of carbonyl (C=O) groups is 1. The van der Waals surface area contributed by atoms with E-state index in [-0.39, 0.29) is 5.97 Å². The van der Waals surface area contributed by atoms with Gasteiger partial charge in [-0.3, -0.25) is 4.79 Å². The number of aromatic nitrogens is 3. The van der Waals surface area contributed by atoms with Crippen molar-refractivity contribution in [2.24, 2.45) is 7.05 Å².